The first kappa shape index (κ1) is 22.2. The third-order valence-corrected chi connectivity index (χ3v) is 5.53. The lowest BCUT2D eigenvalue weighted by molar-refractivity contribution is -0.159. The largest absolute Gasteiger partial charge is 0.471 e. The van der Waals surface area contributed by atoms with E-state index in [4.69, 9.17) is 0 Å². The summed E-state index contributed by atoms with van der Waals surface area (Å²) < 4.78 is 42.6. The van der Waals surface area contributed by atoms with Crippen LogP contribution in [0.5, 0.6) is 0 Å². The van der Waals surface area contributed by atoms with Gasteiger partial charge in [0.15, 0.2) is 0 Å². The maximum Gasteiger partial charge on any atom is 0.471 e. The van der Waals surface area contributed by atoms with Gasteiger partial charge >= 0.3 is 12.1 Å². The van der Waals surface area contributed by atoms with Crippen LogP contribution in [0, 0.1) is 5.92 Å². The topological polar surface area (TPSA) is 42.2 Å². The van der Waals surface area contributed by atoms with Crippen molar-refractivity contribution in [3.63, 3.8) is 0 Å². The van der Waals surface area contributed by atoms with E-state index in [-0.39, 0.29) is 5.82 Å². The van der Waals surface area contributed by atoms with Crippen molar-refractivity contribution in [1.82, 2.24) is 10.1 Å². The quantitative estimate of drug-likeness (QED) is 0.447. The van der Waals surface area contributed by atoms with Crippen molar-refractivity contribution in [2.24, 2.45) is 5.92 Å². The molecule has 1 aromatic heterocycles. The van der Waals surface area contributed by atoms with E-state index in [0.29, 0.717) is 11.5 Å². The summed E-state index contributed by atoms with van der Waals surface area (Å²) in [5.41, 5.74) is 2.78. The number of hydrogen-bond acceptors (Lipinski definition) is 5. The number of rotatable bonds is 3. The molecule has 0 N–H and O–H groups in total. The van der Waals surface area contributed by atoms with Gasteiger partial charge in [0.1, 0.15) is 0 Å². The van der Waals surface area contributed by atoms with Crippen molar-refractivity contribution in [2.45, 2.75) is 50.2 Å². The SMILES string of the molecule is CC.CC(C)CN1Cc2ccc(-c3noc(C(F)(F)F)n3)cc2Sc2ccccc21. The Hall–Kier alpha value is -2.48. The standard InChI is InChI=1S/C20H18F3N3OS.C2H6/c1-12(2)10-26-11-14-8-7-13(18-24-19(27-25-18)20(21,22)23)9-17(14)28-16-6-4-3-5-15(16)26;1-2/h3-9,12H,10-11H2,1-2H3;1-2H3. The third-order valence-electron chi connectivity index (χ3n) is 4.37. The molecule has 0 spiro atoms. The molecule has 2 heterocycles. The molecule has 1 aliphatic heterocycles. The second-order valence-electron chi connectivity index (χ2n) is 7.09. The molecule has 0 radical (unpaired) electrons. The summed E-state index contributed by atoms with van der Waals surface area (Å²) in [6, 6.07) is 13.7. The van der Waals surface area contributed by atoms with Gasteiger partial charge in [0.25, 0.3) is 0 Å². The first-order valence-electron chi connectivity index (χ1n) is 9.87. The summed E-state index contributed by atoms with van der Waals surface area (Å²) in [5.74, 6) is -0.898. The van der Waals surface area contributed by atoms with E-state index in [1.54, 1.807) is 17.8 Å². The summed E-state index contributed by atoms with van der Waals surface area (Å²) in [6.07, 6.45) is -4.65. The smallest absolute Gasteiger partial charge is 0.366 e. The Morgan fingerprint density at radius 3 is 2.50 bits per heavy atom. The van der Waals surface area contributed by atoms with Crippen molar-refractivity contribution in [1.29, 1.82) is 0 Å². The normalized spacial score (nSPS) is 13.3. The van der Waals surface area contributed by atoms with E-state index in [1.807, 2.05) is 38.1 Å². The van der Waals surface area contributed by atoms with Crippen molar-refractivity contribution < 1.29 is 17.7 Å². The molecule has 0 unspecified atom stereocenters. The minimum Gasteiger partial charge on any atom is -0.366 e. The van der Waals surface area contributed by atoms with Crippen LogP contribution in [0.3, 0.4) is 0 Å². The van der Waals surface area contributed by atoms with Gasteiger partial charge in [-0.05, 0) is 29.7 Å². The average molecular weight is 436 g/mol. The first-order chi connectivity index (χ1) is 14.3. The zero-order valence-electron chi connectivity index (χ0n) is 17.3. The second kappa shape index (κ2) is 9.12. The van der Waals surface area contributed by atoms with Crippen molar-refractivity contribution in [3.05, 3.63) is 53.9 Å². The number of hydrogen-bond donors (Lipinski definition) is 0. The predicted octanol–water partition coefficient (Wildman–Crippen LogP) is 6.91. The Bertz CT molecular complexity index is 1000. The molecular formula is C22H24F3N3OS. The Kier molecular flexibility index (Phi) is 6.75. The fraction of sp³-hybridized carbons (Fsp3) is 0.364. The average Bonchev–Trinajstić information content (AvgIpc) is 3.16. The molecule has 0 fully saturated rings. The molecule has 3 aromatic rings. The summed E-state index contributed by atoms with van der Waals surface area (Å²) in [5, 5.41) is 3.50. The fourth-order valence-electron chi connectivity index (χ4n) is 3.19. The Morgan fingerprint density at radius 1 is 1.10 bits per heavy atom. The highest BCUT2D eigenvalue weighted by molar-refractivity contribution is 7.99. The second-order valence-corrected chi connectivity index (χ2v) is 8.17. The van der Waals surface area contributed by atoms with E-state index >= 15 is 0 Å². The number of fused-ring (bicyclic) bond motifs is 2. The van der Waals surface area contributed by atoms with Crippen LogP contribution in [-0.4, -0.2) is 16.7 Å². The van der Waals surface area contributed by atoms with E-state index < -0.39 is 12.1 Å². The summed E-state index contributed by atoms with van der Waals surface area (Å²) in [7, 11) is 0. The van der Waals surface area contributed by atoms with Crippen LogP contribution in [0.15, 0.2) is 56.8 Å². The van der Waals surface area contributed by atoms with E-state index in [2.05, 4.69) is 45.5 Å². The molecule has 0 saturated heterocycles. The minimum atomic E-state index is -4.65. The predicted molar refractivity (Wildman–Crippen MR) is 113 cm³/mol. The molecular weight excluding hydrogens is 411 g/mol. The zero-order valence-corrected chi connectivity index (χ0v) is 18.1. The van der Waals surface area contributed by atoms with Gasteiger partial charge in [-0.25, -0.2) is 0 Å². The molecule has 2 aromatic carbocycles. The van der Waals surface area contributed by atoms with Gasteiger partial charge in [0.05, 0.1) is 5.69 Å². The number of aromatic nitrogens is 2. The molecule has 0 amide bonds. The van der Waals surface area contributed by atoms with E-state index in [1.165, 1.54) is 0 Å². The van der Waals surface area contributed by atoms with E-state index in [9.17, 15) is 13.2 Å². The number of nitrogens with zero attached hydrogens (tertiary/aromatic N) is 3. The molecule has 0 aliphatic carbocycles. The third kappa shape index (κ3) is 4.80. The molecule has 0 bridgehead atoms. The van der Waals surface area contributed by atoms with Gasteiger partial charge in [-0.15, -0.1) is 0 Å². The molecule has 0 atom stereocenters. The molecule has 1 aliphatic rings. The van der Waals surface area contributed by atoms with Crippen LogP contribution in [-0.2, 0) is 12.7 Å². The number of anilines is 1. The highest BCUT2D eigenvalue weighted by Crippen LogP contribution is 2.42. The number of para-hydroxylation sites is 1. The van der Waals surface area contributed by atoms with Gasteiger partial charge in [-0.1, -0.05) is 68.9 Å². The fourth-order valence-corrected chi connectivity index (χ4v) is 4.33. The van der Waals surface area contributed by atoms with E-state index in [0.717, 1.165) is 34.1 Å². The highest BCUT2D eigenvalue weighted by atomic mass is 32.2. The van der Waals surface area contributed by atoms with Crippen molar-refractivity contribution in [3.8, 4) is 11.4 Å². The Labute approximate surface area is 178 Å². The molecule has 0 saturated carbocycles. The Balaban J connectivity index is 0.00000124. The zero-order chi connectivity index (χ0) is 21.9. The van der Waals surface area contributed by atoms with Crippen LogP contribution in [0.1, 0.15) is 39.1 Å². The maximum atomic E-state index is 12.8. The number of alkyl halides is 3. The molecule has 30 heavy (non-hydrogen) atoms. The van der Waals surface area contributed by atoms with Crippen LogP contribution < -0.4 is 4.90 Å². The van der Waals surface area contributed by atoms with Gasteiger partial charge in [0, 0.05) is 28.4 Å². The molecule has 4 rings (SSSR count). The summed E-state index contributed by atoms with van der Waals surface area (Å²) in [6.45, 7) is 10.0. The monoisotopic (exact) mass is 435 g/mol. The number of benzene rings is 2. The minimum absolute atomic E-state index is 0.0627. The van der Waals surface area contributed by atoms with Gasteiger partial charge in [-0.3, -0.25) is 0 Å². The highest BCUT2D eigenvalue weighted by Gasteiger charge is 2.38. The van der Waals surface area contributed by atoms with Crippen LogP contribution in [0.4, 0.5) is 18.9 Å². The van der Waals surface area contributed by atoms with Gasteiger partial charge < -0.3 is 9.42 Å². The molecule has 160 valence electrons. The molecule has 4 nitrogen and oxygen atoms in total. The van der Waals surface area contributed by atoms with Crippen molar-refractivity contribution >= 4 is 17.4 Å². The summed E-state index contributed by atoms with van der Waals surface area (Å²) >= 11 is 1.61. The van der Waals surface area contributed by atoms with Crippen LogP contribution in [0.25, 0.3) is 11.4 Å². The summed E-state index contributed by atoms with van der Waals surface area (Å²) in [4.78, 5) is 7.94. The maximum absolute atomic E-state index is 12.8. The van der Waals surface area contributed by atoms with Crippen molar-refractivity contribution in [2.75, 3.05) is 11.4 Å². The van der Waals surface area contributed by atoms with Gasteiger partial charge in [0.2, 0.25) is 5.82 Å². The first-order valence-corrected chi connectivity index (χ1v) is 10.7. The van der Waals surface area contributed by atoms with Gasteiger partial charge in [-0.2, -0.15) is 18.2 Å². The van der Waals surface area contributed by atoms with Crippen LogP contribution >= 0.6 is 11.8 Å². The molecule has 8 heteroatoms. The lowest BCUT2D eigenvalue weighted by Crippen LogP contribution is -2.26. The lowest BCUT2D eigenvalue weighted by atomic mass is 10.1. The van der Waals surface area contributed by atoms with Crippen LogP contribution in [0.2, 0.25) is 0 Å². The number of halogens is 3. The lowest BCUT2D eigenvalue weighted by Gasteiger charge is -2.26. The Morgan fingerprint density at radius 2 is 1.83 bits per heavy atom.